The molecular weight excluding hydrogens is 516 g/mol. The Morgan fingerprint density at radius 1 is 0.762 bits per heavy atom. The van der Waals surface area contributed by atoms with Crippen molar-refractivity contribution in [1.29, 1.82) is 0 Å². The molecule has 3 heterocycles. The second-order valence-electron chi connectivity index (χ2n) is 11.0. The fraction of sp³-hybridized carbons (Fsp3) is 0.189. The Hall–Kier alpha value is -4.90. The van der Waals surface area contributed by atoms with E-state index in [0.717, 1.165) is 52.1 Å². The summed E-state index contributed by atoms with van der Waals surface area (Å²) in [4.78, 5) is 20.9. The normalized spacial score (nSPS) is 13.5. The lowest BCUT2D eigenvalue weighted by Gasteiger charge is -2.38. The van der Waals surface area contributed by atoms with Gasteiger partial charge < -0.3 is 9.47 Å². The molecular formula is C37H34N4O. The van der Waals surface area contributed by atoms with Crippen LogP contribution in [0.5, 0.6) is 0 Å². The van der Waals surface area contributed by atoms with E-state index in [4.69, 9.17) is 4.98 Å². The number of fused-ring (bicyclic) bond motifs is 3. The number of carbonyl (C=O) groups excluding carboxylic acids is 1. The third kappa shape index (κ3) is 3.92. The molecule has 0 saturated heterocycles. The first-order valence-corrected chi connectivity index (χ1v) is 14.7. The summed E-state index contributed by atoms with van der Waals surface area (Å²) in [5, 5.41) is 1.18. The van der Waals surface area contributed by atoms with Crippen LogP contribution in [0.2, 0.25) is 0 Å². The Bertz CT molecular complexity index is 1770. The van der Waals surface area contributed by atoms with Gasteiger partial charge in [0.2, 0.25) is 0 Å². The number of benzene rings is 4. The zero-order chi connectivity index (χ0) is 28.7. The van der Waals surface area contributed by atoms with Gasteiger partial charge in [0.05, 0.1) is 24.1 Å². The molecule has 0 unspecified atom stereocenters. The van der Waals surface area contributed by atoms with Gasteiger partial charge in [-0.05, 0) is 41.7 Å². The number of amides is 1. The minimum Gasteiger partial charge on any atom is -0.318 e. The molecule has 0 spiro atoms. The molecule has 0 aliphatic carbocycles. The molecule has 42 heavy (non-hydrogen) atoms. The summed E-state index contributed by atoms with van der Waals surface area (Å²) in [6.07, 6.45) is 3.71. The van der Waals surface area contributed by atoms with Crippen molar-refractivity contribution in [1.82, 2.24) is 19.0 Å². The van der Waals surface area contributed by atoms with E-state index in [9.17, 15) is 4.79 Å². The van der Waals surface area contributed by atoms with E-state index >= 15 is 0 Å². The van der Waals surface area contributed by atoms with Crippen molar-refractivity contribution in [2.45, 2.75) is 38.8 Å². The van der Waals surface area contributed by atoms with Crippen LogP contribution in [0.25, 0.3) is 10.9 Å². The topological polar surface area (TPSA) is 43.1 Å². The highest BCUT2D eigenvalue weighted by molar-refractivity contribution is 5.96. The number of hydrogen-bond acceptors (Lipinski definition) is 2. The molecule has 2 aromatic heterocycles. The van der Waals surface area contributed by atoms with Gasteiger partial charge in [0, 0.05) is 29.7 Å². The highest BCUT2D eigenvalue weighted by Crippen LogP contribution is 2.42. The van der Waals surface area contributed by atoms with Gasteiger partial charge in [0.15, 0.2) is 0 Å². The SMILES string of the molecule is CCc1c2n(c3ccccc13)C(=O)N(Cc1ncn(C(c3ccccc3)(c3ccccc3)c3ccccc3)c1C)CC2. The fourth-order valence-electron chi connectivity index (χ4n) is 6.94. The van der Waals surface area contributed by atoms with E-state index in [0.29, 0.717) is 13.1 Å². The number of nitrogens with zero attached hydrogens (tertiary/aromatic N) is 4. The highest BCUT2D eigenvalue weighted by atomic mass is 16.2. The average Bonchev–Trinajstić information content (AvgIpc) is 3.58. The van der Waals surface area contributed by atoms with Gasteiger partial charge in [-0.1, -0.05) is 116 Å². The molecule has 4 aromatic carbocycles. The molecule has 1 aliphatic heterocycles. The van der Waals surface area contributed by atoms with E-state index < -0.39 is 5.54 Å². The van der Waals surface area contributed by atoms with E-state index in [1.54, 1.807) is 0 Å². The van der Waals surface area contributed by atoms with Crippen molar-refractivity contribution in [3.63, 3.8) is 0 Å². The van der Waals surface area contributed by atoms with Crippen LogP contribution in [0.15, 0.2) is 122 Å². The zero-order valence-electron chi connectivity index (χ0n) is 24.1. The molecule has 5 nitrogen and oxygen atoms in total. The van der Waals surface area contributed by atoms with Gasteiger partial charge in [-0.15, -0.1) is 0 Å². The van der Waals surface area contributed by atoms with Crippen LogP contribution in [0.3, 0.4) is 0 Å². The smallest absolute Gasteiger partial charge is 0.318 e. The highest BCUT2D eigenvalue weighted by Gasteiger charge is 2.40. The number of para-hydroxylation sites is 1. The summed E-state index contributed by atoms with van der Waals surface area (Å²) in [6, 6.07) is 40.2. The Morgan fingerprint density at radius 3 is 1.88 bits per heavy atom. The summed E-state index contributed by atoms with van der Waals surface area (Å²) in [7, 11) is 0. The summed E-state index contributed by atoms with van der Waals surface area (Å²) < 4.78 is 4.23. The van der Waals surface area contributed by atoms with Gasteiger partial charge in [0.25, 0.3) is 0 Å². The molecule has 5 heteroatoms. The molecule has 208 valence electrons. The van der Waals surface area contributed by atoms with Gasteiger partial charge >= 0.3 is 6.03 Å². The summed E-state index contributed by atoms with van der Waals surface area (Å²) in [5.41, 5.74) is 8.21. The maximum absolute atomic E-state index is 14.0. The van der Waals surface area contributed by atoms with Gasteiger partial charge in [-0.25, -0.2) is 9.78 Å². The minimum atomic E-state index is -0.634. The van der Waals surface area contributed by atoms with Crippen LogP contribution in [0, 0.1) is 6.92 Å². The Kier molecular flexibility index (Phi) is 6.50. The van der Waals surface area contributed by atoms with Crippen molar-refractivity contribution >= 4 is 16.9 Å². The van der Waals surface area contributed by atoms with Crippen molar-refractivity contribution < 1.29 is 4.79 Å². The van der Waals surface area contributed by atoms with Crippen LogP contribution in [0.1, 0.15) is 46.3 Å². The number of imidazole rings is 1. The molecule has 0 N–H and O–H groups in total. The van der Waals surface area contributed by atoms with Gasteiger partial charge in [-0.3, -0.25) is 4.57 Å². The number of aryl methyl sites for hydroxylation is 1. The molecule has 0 saturated carbocycles. The lowest BCUT2D eigenvalue weighted by molar-refractivity contribution is 0.190. The van der Waals surface area contributed by atoms with Crippen molar-refractivity contribution in [3.05, 3.63) is 161 Å². The second kappa shape index (κ2) is 10.5. The largest absolute Gasteiger partial charge is 0.329 e. The predicted octanol–water partition coefficient (Wildman–Crippen LogP) is 7.58. The number of hydrogen-bond donors (Lipinski definition) is 0. The monoisotopic (exact) mass is 550 g/mol. The van der Waals surface area contributed by atoms with Crippen molar-refractivity contribution in [2.75, 3.05) is 6.54 Å². The van der Waals surface area contributed by atoms with Crippen LogP contribution >= 0.6 is 0 Å². The number of carbonyl (C=O) groups is 1. The van der Waals surface area contributed by atoms with Crippen LogP contribution < -0.4 is 0 Å². The summed E-state index contributed by atoms with van der Waals surface area (Å²) in [6.45, 7) is 5.44. The molecule has 6 aromatic rings. The van der Waals surface area contributed by atoms with Gasteiger partial charge in [0.1, 0.15) is 5.54 Å². The number of aromatic nitrogens is 3. The number of rotatable bonds is 7. The first-order valence-electron chi connectivity index (χ1n) is 14.7. The molecule has 0 bridgehead atoms. The Balaban J connectivity index is 1.34. The molecule has 0 fully saturated rings. The van der Waals surface area contributed by atoms with Crippen LogP contribution in [0.4, 0.5) is 4.79 Å². The van der Waals surface area contributed by atoms with E-state index in [1.807, 2.05) is 21.9 Å². The first-order chi connectivity index (χ1) is 20.6. The lowest BCUT2D eigenvalue weighted by atomic mass is 9.76. The maximum Gasteiger partial charge on any atom is 0.329 e. The van der Waals surface area contributed by atoms with Crippen LogP contribution in [-0.4, -0.2) is 31.6 Å². The maximum atomic E-state index is 14.0. The second-order valence-corrected chi connectivity index (χ2v) is 11.0. The Labute approximate surface area is 246 Å². The van der Waals surface area contributed by atoms with Gasteiger partial charge in [-0.2, -0.15) is 0 Å². The molecule has 7 rings (SSSR count). The fourth-order valence-corrected chi connectivity index (χ4v) is 6.94. The average molecular weight is 551 g/mol. The summed E-state index contributed by atoms with van der Waals surface area (Å²) in [5.74, 6) is 0. The van der Waals surface area contributed by atoms with Crippen LogP contribution in [-0.2, 0) is 24.9 Å². The standard InChI is InChI=1S/C37H34N4O/c1-3-31-32-21-13-14-22-34(32)41-35(31)23-24-39(36(41)42)25-33-27(2)40(26-38-33)37(28-15-7-4-8-16-28,29-17-9-5-10-18-29)30-19-11-6-12-20-30/h4-22,26H,3,23-25H2,1-2H3. The molecule has 1 amide bonds. The van der Waals surface area contributed by atoms with Crippen molar-refractivity contribution in [2.24, 2.45) is 0 Å². The van der Waals surface area contributed by atoms with E-state index in [-0.39, 0.29) is 6.03 Å². The predicted molar refractivity (Wildman–Crippen MR) is 168 cm³/mol. The minimum absolute atomic E-state index is 0.0292. The third-order valence-corrected chi connectivity index (χ3v) is 8.91. The molecule has 0 radical (unpaired) electrons. The van der Waals surface area contributed by atoms with E-state index in [2.05, 4.69) is 128 Å². The molecule has 1 aliphatic rings. The lowest BCUT2D eigenvalue weighted by Crippen LogP contribution is -2.41. The summed E-state index contributed by atoms with van der Waals surface area (Å²) >= 11 is 0. The third-order valence-electron chi connectivity index (χ3n) is 8.91. The van der Waals surface area contributed by atoms with Crippen molar-refractivity contribution in [3.8, 4) is 0 Å². The zero-order valence-corrected chi connectivity index (χ0v) is 24.1. The first kappa shape index (κ1) is 26.0. The van der Waals surface area contributed by atoms with E-state index in [1.165, 1.54) is 10.9 Å². The molecule has 0 atom stereocenters. The quantitative estimate of drug-likeness (QED) is 0.192. The Morgan fingerprint density at radius 2 is 1.31 bits per heavy atom.